The number of methoxy groups -OCH3 is 1. The van der Waals surface area contributed by atoms with E-state index in [-0.39, 0.29) is 22.7 Å². The van der Waals surface area contributed by atoms with Gasteiger partial charge in [-0.15, -0.1) is 5.10 Å². The van der Waals surface area contributed by atoms with E-state index < -0.39 is 5.91 Å². The topological polar surface area (TPSA) is 140 Å². The Kier molecular flexibility index (Phi) is 5.53. The summed E-state index contributed by atoms with van der Waals surface area (Å²) in [6, 6.07) is 10.5. The Bertz CT molecular complexity index is 1570. The summed E-state index contributed by atoms with van der Waals surface area (Å²) in [7, 11) is 1.53. The predicted molar refractivity (Wildman–Crippen MR) is 140 cm³/mol. The number of H-pyrrole nitrogens is 1. The van der Waals surface area contributed by atoms with E-state index in [1.54, 1.807) is 30.3 Å². The fourth-order valence-corrected chi connectivity index (χ4v) is 5.53. The summed E-state index contributed by atoms with van der Waals surface area (Å²) in [6.45, 7) is 3.52. The third-order valence-electron chi connectivity index (χ3n) is 7.13. The molecule has 2 amide bonds. The van der Waals surface area contributed by atoms with E-state index in [1.807, 2.05) is 16.9 Å². The van der Waals surface area contributed by atoms with Crippen LogP contribution < -0.4 is 15.4 Å². The van der Waals surface area contributed by atoms with Crippen molar-refractivity contribution < 1.29 is 14.3 Å². The second-order valence-electron chi connectivity index (χ2n) is 9.65. The lowest BCUT2D eigenvalue weighted by Crippen LogP contribution is -2.78. The van der Waals surface area contributed by atoms with E-state index in [4.69, 9.17) is 16.3 Å². The van der Waals surface area contributed by atoms with Crippen molar-refractivity contribution >= 4 is 29.1 Å². The number of aromatic amines is 1. The highest BCUT2D eigenvalue weighted by atomic mass is 35.5. The molecular formula is C26H23ClN8O3. The van der Waals surface area contributed by atoms with E-state index in [0.717, 1.165) is 24.8 Å². The third kappa shape index (κ3) is 3.91. The smallest absolute Gasteiger partial charge is 0.274 e. The van der Waals surface area contributed by atoms with Crippen LogP contribution in [0.4, 0.5) is 5.69 Å². The predicted octanol–water partition coefficient (Wildman–Crippen LogP) is 3.58. The van der Waals surface area contributed by atoms with E-state index in [0.29, 0.717) is 33.5 Å². The van der Waals surface area contributed by atoms with Gasteiger partial charge in [0.1, 0.15) is 22.8 Å². The maximum Gasteiger partial charge on any atom is 0.274 e. The van der Waals surface area contributed by atoms with E-state index in [9.17, 15) is 9.59 Å². The van der Waals surface area contributed by atoms with Crippen molar-refractivity contribution in [1.29, 1.82) is 0 Å². The number of benzene rings is 1. The van der Waals surface area contributed by atoms with Crippen LogP contribution in [0.3, 0.4) is 0 Å². The normalized spacial score (nSPS) is 21.1. The molecule has 1 aromatic carbocycles. The van der Waals surface area contributed by atoms with E-state index >= 15 is 0 Å². The highest BCUT2D eigenvalue weighted by Gasteiger charge is 2.70. The van der Waals surface area contributed by atoms with Gasteiger partial charge < -0.3 is 15.4 Å². The molecule has 3 saturated carbocycles. The summed E-state index contributed by atoms with van der Waals surface area (Å²) < 4.78 is 7.43. The van der Waals surface area contributed by atoms with Crippen molar-refractivity contribution in [2.45, 2.75) is 30.3 Å². The van der Waals surface area contributed by atoms with Crippen LogP contribution in [-0.4, -0.2) is 54.6 Å². The highest BCUT2D eigenvalue weighted by Crippen LogP contribution is 2.65. The molecule has 192 valence electrons. The average molecular weight is 531 g/mol. The van der Waals surface area contributed by atoms with Gasteiger partial charge in [-0.05, 0) is 49.6 Å². The molecule has 3 fully saturated rings. The molecule has 7 rings (SSSR count). The molecule has 0 saturated heterocycles. The van der Waals surface area contributed by atoms with Gasteiger partial charge in [-0.2, -0.15) is 5.10 Å². The molecule has 12 heteroatoms. The number of nitrogens with zero attached hydrogens (tertiary/aromatic N) is 5. The lowest BCUT2D eigenvalue weighted by atomic mass is 9.44. The highest BCUT2D eigenvalue weighted by molar-refractivity contribution is 6.32. The second kappa shape index (κ2) is 8.80. The number of anilines is 1. The molecule has 3 N–H and O–H groups in total. The number of aromatic nitrogens is 6. The molecule has 0 atom stereocenters. The summed E-state index contributed by atoms with van der Waals surface area (Å²) in [5, 5.41) is 21.7. The molecule has 3 aromatic heterocycles. The molecule has 0 unspecified atom stereocenters. The van der Waals surface area contributed by atoms with E-state index in [2.05, 4.69) is 42.7 Å². The minimum Gasteiger partial charge on any atom is -0.495 e. The first-order chi connectivity index (χ1) is 18.3. The lowest BCUT2D eigenvalue weighted by molar-refractivity contribution is -0.157. The molecule has 38 heavy (non-hydrogen) atoms. The number of pyridine rings is 1. The van der Waals surface area contributed by atoms with Crippen LogP contribution in [0, 0.1) is 0 Å². The molecule has 0 spiro atoms. The molecule has 3 aliphatic rings. The summed E-state index contributed by atoms with van der Waals surface area (Å²) in [6.07, 6.45) is 7.13. The largest absolute Gasteiger partial charge is 0.495 e. The van der Waals surface area contributed by atoms with Crippen LogP contribution in [0.25, 0.3) is 22.6 Å². The van der Waals surface area contributed by atoms with Gasteiger partial charge in [-0.3, -0.25) is 14.7 Å². The molecule has 3 aliphatic carbocycles. The maximum atomic E-state index is 13.0. The minimum absolute atomic E-state index is 0.111. The molecular weight excluding hydrogens is 508 g/mol. The Hall–Kier alpha value is -4.51. The van der Waals surface area contributed by atoms with Crippen molar-refractivity contribution in [1.82, 2.24) is 35.5 Å². The zero-order chi connectivity index (χ0) is 26.5. The number of nitrogens with one attached hydrogen (secondary N) is 3. The number of carbonyl (C=O) groups excluding carboxylic acids is 2. The second-order valence-corrected chi connectivity index (χ2v) is 10.1. The number of halogens is 1. The maximum absolute atomic E-state index is 13.0. The van der Waals surface area contributed by atoms with Crippen LogP contribution in [0.5, 0.6) is 5.75 Å². The SMILES string of the molecule is C=CC(=O)NC12CC(n3cc(-c4ccc(NC(=O)c5cccc(-c6[nH]ncc6Cl)n5)c(OC)c4)nn3)(C1)C2. The van der Waals surface area contributed by atoms with Crippen molar-refractivity contribution in [3.8, 4) is 28.4 Å². The number of hydrogen-bond acceptors (Lipinski definition) is 7. The zero-order valence-electron chi connectivity index (χ0n) is 20.4. The van der Waals surface area contributed by atoms with Crippen molar-refractivity contribution in [3.63, 3.8) is 0 Å². The first-order valence-electron chi connectivity index (χ1n) is 11.9. The van der Waals surface area contributed by atoms with Crippen LogP contribution in [0.15, 0.2) is 61.4 Å². The Labute approximate surface area is 222 Å². The number of hydrogen-bond donors (Lipinski definition) is 3. The number of carbonyl (C=O) groups is 2. The summed E-state index contributed by atoms with van der Waals surface area (Å²) in [5.74, 6) is -0.0853. The van der Waals surface area contributed by atoms with Crippen molar-refractivity contribution in [2.24, 2.45) is 0 Å². The Morgan fingerprint density at radius 3 is 2.74 bits per heavy atom. The van der Waals surface area contributed by atoms with E-state index in [1.165, 1.54) is 19.4 Å². The quantitative estimate of drug-likeness (QED) is 0.296. The van der Waals surface area contributed by atoms with Gasteiger partial charge in [0, 0.05) is 11.1 Å². The van der Waals surface area contributed by atoms with Gasteiger partial charge in [0.25, 0.3) is 5.91 Å². The fourth-order valence-electron chi connectivity index (χ4n) is 5.34. The third-order valence-corrected chi connectivity index (χ3v) is 7.42. The average Bonchev–Trinajstić information content (AvgIpc) is 3.55. The molecule has 2 bridgehead atoms. The zero-order valence-corrected chi connectivity index (χ0v) is 21.1. The van der Waals surface area contributed by atoms with Gasteiger partial charge in [0.15, 0.2) is 0 Å². The Balaban J connectivity index is 1.17. The fraction of sp³-hybridized carbons (Fsp3) is 0.231. The molecule has 3 heterocycles. The van der Waals surface area contributed by atoms with Crippen LogP contribution in [0.1, 0.15) is 29.8 Å². The van der Waals surface area contributed by atoms with Gasteiger partial charge >= 0.3 is 0 Å². The Morgan fingerprint density at radius 1 is 1.21 bits per heavy atom. The molecule has 4 aromatic rings. The minimum atomic E-state index is -0.402. The molecule has 0 aliphatic heterocycles. The van der Waals surface area contributed by atoms with Crippen LogP contribution in [-0.2, 0) is 10.3 Å². The summed E-state index contributed by atoms with van der Waals surface area (Å²) in [5.41, 5.74) is 2.94. The van der Waals surface area contributed by atoms with Gasteiger partial charge in [-0.1, -0.05) is 35.5 Å². The first kappa shape index (κ1) is 23.9. The van der Waals surface area contributed by atoms with Crippen molar-refractivity contribution in [3.05, 3.63) is 72.2 Å². The van der Waals surface area contributed by atoms with Gasteiger partial charge in [0.05, 0.1) is 41.4 Å². The van der Waals surface area contributed by atoms with Crippen molar-refractivity contribution in [2.75, 3.05) is 12.4 Å². The van der Waals surface area contributed by atoms with Gasteiger partial charge in [0.2, 0.25) is 5.91 Å². The van der Waals surface area contributed by atoms with Gasteiger partial charge in [-0.25, -0.2) is 9.67 Å². The van der Waals surface area contributed by atoms with Crippen LogP contribution >= 0.6 is 11.6 Å². The monoisotopic (exact) mass is 530 g/mol. The number of amides is 2. The Morgan fingerprint density at radius 2 is 2.03 bits per heavy atom. The molecule has 0 radical (unpaired) electrons. The standard InChI is InChI=1S/C26H23ClN8O3/c1-3-22(36)31-25-12-26(13-25,14-25)35-11-20(32-34-35)15-7-8-17(21(9-15)38-2)30-24(37)19-6-4-5-18(29-19)23-16(27)10-28-33-23/h3-11H,1,12-14H2,2H3,(H,28,33)(H,30,37)(H,31,36). The van der Waals surface area contributed by atoms with Crippen LogP contribution in [0.2, 0.25) is 5.02 Å². The lowest BCUT2D eigenvalue weighted by Gasteiger charge is -2.69. The number of ether oxygens (including phenoxy) is 1. The summed E-state index contributed by atoms with van der Waals surface area (Å²) in [4.78, 5) is 29.0. The molecule has 11 nitrogen and oxygen atoms in total. The number of rotatable bonds is 8. The first-order valence-corrected chi connectivity index (χ1v) is 12.2. The summed E-state index contributed by atoms with van der Waals surface area (Å²) >= 11 is 6.13.